The predicted octanol–water partition coefficient (Wildman–Crippen LogP) is 3.70. The Hall–Kier alpha value is -3.74. The van der Waals surface area contributed by atoms with E-state index >= 15 is 0 Å². The van der Waals surface area contributed by atoms with Crippen molar-refractivity contribution in [2.24, 2.45) is 0 Å². The zero-order chi connectivity index (χ0) is 20.9. The fourth-order valence-electron chi connectivity index (χ4n) is 2.61. The molecule has 0 atom stereocenters. The fourth-order valence-corrected chi connectivity index (χ4v) is 2.61. The molecule has 0 aliphatic carbocycles. The van der Waals surface area contributed by atoms with E-state index in [4.69, 9.17) is 14.2 Å². The van der Waals surface area contributed by atoms with Gasteiger partial charge in [-0.2, -0.15) is 0 Å². The lowest BCUT2D eigenvalue weighted by molar-refractivity contribution is -0.153. The molecule has 7 heteroatoms. The zero-order valence-corrected chi connectivity index (χ0v) is 15.8. The Kier molecular flexibility index (Phi) is 5.87. The van der Waals surface area contributed by atoms with Gasteiger partial charge in [-0.1, -0.05) is 36.4 Å². The number of carbonyl (C=O) groups is 2. The number of ether oxygens (including phenoxy) is 3. The van der Waals surface area contributed by atoms with E-state index in [0.29, 0.717) is 0 Å². The van der Waals surface area contributed by atoms with Crippen molar-refractivity contribution in [2.45, 2.75) is 12.3 Å². The van der Waals surface area contributed by atoms with E-state index in [0.717, 1.165) is 6.20 Å². The Bertz CT molecular complexity index is 955. The number of carbonyl (C=O) groups excluding carboxylic acids is 2. The van der Waals surface area contributed by atoms with Crippen molar-refractivity contribution in [1.29, 1.82) is 0 Å². The van der Waals surface area contributed by atoms with Gasteiger partial charge in [0.05, 0.1) is 13.3 Å². The first-order valence-corrected chi connectivity index (χ1v) is 8.70. The highest BCUT2D eigenvalue weighted by atomic mass is 19.1. The molecule has 0 aliphatic rings. The molecule has 0 saturated carbocycles. The van der Waals surface area contributed by atoms with Crippen molar-refractivity contribution in [3.63, 3.8) is 0 Å². The summed E-state index contributed by atoms with van der Waals surface area (Å²) in [5, 5.41) is 0. The number of methoxy groups -OCH3 is 1. The summed E-state index contributed by atoms with van der Waals surface area (Å²) < 4.78 is 30.4. The fraction of sp³-hybridized carbons (Fsp3) is 0.136. The molecule has 0 amide bonds. The van der Waals surface area contributed by atoms with E-state index in [1.807, 2.05) is 0 Å². The average Bonchev–Trinajstić information content (AvgIpc) is 2.75. The van der Waals surface area contributed by atoms with Crippen LogP contribution in [0.3, 0.4) is 0 Å². The van der Waals surface area contributed by atoms with Gasteiger partial charge in [0, 0.05) is 11.6 Å². The van der Waals surface area contributed by atoms with Crippen molar-refractivity contribution in [3.05, 3.63) is 84.3 Å². The second-order valence-corrected chi connectivity index (χ2v) is 6.24. The topological polar surface area (TPSA) is 74.7 Å². The third-order valence-corrected chi connectivity index (χ3v) is 4.30. The van der Waals surface area contributed by atoms with Crippen molar-refractivity contribution in [2.75, 3.05) is 7.11 Å². The Morgan fingerprint density at radius 2 is 1.38 bits per heavy atom. The van der Waals surface area contributed by atoms with Gasteiger partial charge >= 0.3 is 11.9 Å². The van der Waals surface area contributed by atoms with Crippen LogP contribution in [-0.4, -0.2) is 24.0 Å². The van der Waals surface area contributed by atoms with E-state index in [9.17, 15) is 14.0 Å². The minimum Gasteiger partial charge on any atom is -0.481 e. The van der Waals surface area contributed by atoms with E-state index in [-0.39, 0.29) is 22.9 Å². The van der Waals surface area contributed by atoms with Gasteiger partial charge in [-0.15, -0.1) is 0 Å². The van der Waals surface area contributed by atoms with Crippen LogP contribution in [0.25, 0.3) is 0 Å². The van der Waals surface area contributed by atoms with E-state index in [2.05, 4.69) is 4.98 Å². The monoisotopic (exact) mass is 395 g/mol. The Balaban J connectivity index is 2.05. The third-order valence-electron chi connectivity index (χ3n) is 4.30. The quantitative estimate of drug-likeness (QED) is 0.360. The summed E-state index contributed by atoms with van der Waals surface area (Å²) in [6, 6.07) is 17.5. The number of para-hydroxylation sites is 2. The number of esters is 2. The largest absolute Gasteiger partial charge is 0.481 e. The van der Waals surface area contributed by atoms with Gasteiger partial charge in [0.15, 0.2) is 5.41 Å². The normalized spacial score (nSPS) is 10.9. The molecule has 3 rings (SSSR count). The van der Waals surface area contributed by atoms with Gasteiger partial charge in [0.1, 0.15) is 17.3 Å². The molecule has 2 aromatic carbocycles. The molecule has 0 bridgehead atoms. The van der Waals surface area contributed by atoms with Crippen molar-refractivity contribution in [1.82, 2.24) is 4.98 Å². The highest BCUT2D eigenvalue weighted by molar-refractivity contribution is 6.07. The molecular weight excluding hydrogens is 377 g/mol. The van der Waals surface area contributed by atoms with Crippen LogP contribution in [0.2, 0.25) is 0 Å². The first-order valence-electron chi connectivity index (χ1n) is 8.70. The molecule has 1 aromatic heterocycles. The van der Waals surface area contributed by atoms with Gasteiger partial charge in [-0.3, -0.25) is 9.59 Å². The summed E-state index contributed by atoms with van der Waals surface area (Å²) in [4.78, 5) is 29.9. The van der Waals surface area contributed by atoms with Crippen LogP contribution in [-0.2, 0) is 15.0 Å². The molecule has 1 heterocycles. The lowest BCUT2D eigenvalue weighted by Gasteiger charge is -2.26. The standard InChI is InChI=1S/C22H18FNO5/c1-22(17-13-19(27-2)24-14-18(17)23,20(25)28-15-9-5-3-6-10-15)21(26)29-16-11-7-4-8-12-16/h3-14H,1-2H3. The van der Waals surface area contributed by atoms with Crippen LogP contribution >= 0.6 is 0 Å². The smallest absolute Gasteiger partial charge is 0.333 e. The van der Waals surface area contributed by atoms with Crippen molar-refractivity contribution in [3.8, 4) is 17.4 Å². The van der Waals surface area contributed by atoms with Crippen LogP contribution < -0.4 is 14.2 Å². The number of benzene rings is 2. The molecule has 29 heavy (non-hydrogen) atoms. The first kappa shape index (κ1) is 20.0. The second-order valence-electron chi connectivity index (χ2n) is 6.24. The molecule has 3 aromatic rings. The van der Waals surface area contributed by atoms with Gasteiger partial charge in [0.2, 0.25) is 5.88 Å². The van der Waals surface area contributed by atoms with Gasteiger partial charge in [-0.05, 0) is 31.2 Å². The molecule has 0 spiro atoms. The molecule has 0 radical (unpaired) electrons. The van der Waals surface area contributed by atoms with Gasteiger partial charge in [0.25, 0.3) is 0 Å². The summed E-state index contributed by atoms with van der Waals surface area (Å²) in [6.07, 6.45) is 0.873. The molecule has 0 N–H and O–H groups in total. The van der Waals surface area contributed by atoms with E-state index < -0.39 is 23.2 Å². The number of aromatic nitrogens is 1. The van der Waals surface area contributed by atoms with Gasteiger partial charge in [-0.25, -0.2) is 9.37 Å². The minimum atomic E-state index is -2.12. The molecule has 0 unspecified atom stereocenters. The van der Waals surface area contributed by atoms with E-state index in [1.165, 1.54) is 20.1 Å². The highest BCUT2D eigenvalue weighted by Crippen LogP contribution is 2.32. The van der Waals surface area contributed by atoms with Crippen LogP contribution in [0, 0.1) is 5.82 Å². The minimum absolute atomic E-state index is 0.0349. The summed E-state index contributed by atoms with van der Waals surface area (Å²) in [5.41, 5.74) is -2.39. The Morgan fingerprint density at radius 3 is 1.83 bits per heavy atom. The average molecular weight is 395 g/mol. The lowest BCUT2D eigenvalue weighted by Crippen LogP contribution is -2.47. The van der Waals surface area contributed by atoms with Crippen molar-refractivity contribution >= 4 is 11.9 Å². The third kappa shape index (κ3) is 4.24. The maximum absolute atomic E-state index is 14.7. The SMILES string of the molecule is COc1cc(C(C)(C(=O)Oc2ccccc2)C(=O)Oc2ccccc2)c(F)cn1. The number of pyridine rings is 1. The highest BCUT2D eigenvalue weighted by Gasteiger charge is 2.49. The van der Waals surface area contributed by atoms with Gasteiger partial charge < -0.3 is 14.2 Å². The van der Waals surface area contributed by atoms with Crippen molar-refractivity contribution < 1.29 is 28.2 Å². The van der Waals surface area contributed by atoms with Crippen LogP contribution in [0.1, 0.15) is 12.5 Å². The summed E-state index contributed by atoms with van der Waals surface area (Å²) in [7, 11) is 1.34. The number of nitrogens with zero attached hydrogens (tertiary/aromatic N) is 1. The maximum atomic E-state index is 14.7. The summed E-state index contributed by atoms with van der Waals surface area (Å²) >= 11 is 0. The molecule has 0 aliphatic heterocycles. The number of hydrogen-bond acceptors (Lipinski definition) is 6. The Morgan fingerprint density at radius 1 is 0.897 bits per heavy atom. The first-order chi connectivity index (χ1) is 13.9. The maximum Gasteiger partial charge on any atom is 0.333 e. The summed E-state index contributed by atoms with van der Waals surface area (Å²) in [6.45, 7) is 1.24. The number of hydrogen-bond donors (Lipinski definition) is 0. The molecular formula is C22H18FNO5. The predicted molar refractivity (Wildman–Crippen MR) is 102 cm³/mol. The molecule has 148 valence electrons. The second kappa shape index (κ2) is 8.52. The Labute approximate surface area is 166 Å². The number of halogens is 1. The van der Waals surface area contributed by atoms with Crippen LogP contribution in [0.5, 0.6) is 17.4 Å². The summed E-state index contributed by atoms with van der Waals surface area (Å²) in [5.74, 6) is -2.43. The molecule has 0 saturated heterocycles. The van der Waals surface area contributed by atoms with Crippen LogP contribution in [0.15, 0.2) is 72.9 Å². The van der Waals surface area contributed by atoms with E-state index in [1.54, 1.807) is 60.7 Å². The molecule has 6 nitrogen and oxygen atoms in total. The zero-order valence-electron chi connectivity index (χ0n) is 15.8. The van der Waals surface area contributed by atoms with Crippen LogP contribution in [0.4, 0.5) is 4.39 Å². The number of rotatable bonds is 6. The molecule has 0 fully saturated rings. The lowest BCUT2D eigenvalue weighted by atomic mass is 9.82.